The van der Waals surface area contributed by atoms with Gasteiger partial charge in [0.15, 0.2) is 0 Å². The Morgan fingerprint density at radius 3 is 2.92 bits per heavy atom. The van der Waals surface area contributed by atoms with Gasteiger partial charge in [-0.05, 0) is 18.2 Å². The van der Waals surface area contributed by atoms with Gasteiger partial charge in [0.25, 0.3) is 0 Å². The van der Waals surface area contributed by atoms with Crippen LogP contribution in [0.25, 0.3) is 11.3 Å². The van der Waals surface area contributed by atoms with Crippen molar-refractivity contribution < 1.29 is 4.39 Å². The van der Waals surface area contributed by atoms with E-state index in [-0.39, 0.29) is 5.82 Å². The number of H-pyrrole nitrogens is 1. The highest BCUT2D eigenvalue weighted by Gasteiger charge is 2.07. The molecule has 0 aliphatic heterocycles. The molecule has 0 aliphatic rings. The fourth-order valence-electron chi connectivity index (χ4n) is 1.03. The number of hydrogen-bond donors (Lipinski definition) is 1. The largest absolute Gasteiger partial charge is 0.206 e. The molecule has 13 heavy (non-hydrogen) atoms. The molecule has 1 heterocycles. The summed E-state index contributed by atoms with van der Waals surface area (Å²) in [4.78, 5) is 0. The van der Waals surface area contributed by atoms with E-state index < -0.39 is 0 Å². The molecule has 0 fully saturated rings. The first-order valence-electron chi connectivity index (χ1n) is 3.58. The number of hydrogen-bond acceptors (Lipinski definition) is 2. The second-order valence-electron chi connectivity index (χ2n) is 2.48. The van der Waals surface area contributed by atoms with E-state index in [1.807, 2.05) is 0 Å². The van der Waals surface area contributed by atoms with Crippen molar-refractivity contribution in [2.75, 3.05) is 0 Å². The second kappa shape index (κ2) is 3.26. The molecule has 0 amide bonds. The van der Waals surface area contributed by atoms with Crippen LogP contribution in [-0.4, -0.2) is 15.4 Å². The van der Waals surface area contributed by atoms with Crippen LogP contribution in [0.4, 0.5) is 4.39 Å². The Kier molecular flexibility index (Phi) is 2.10. The molecule has 5 heteroatoms. The zero-order chi connectivity index (χ0) is 9.26. The summed E-state index contributed by atoms with van der Waals surface area (Å²) in [5, 5.41) is 9.84. The summed E-state index contributed by atoms with van der Waals surface area (Å²) in [6.45, 7) is 0. The van der Waals surface area contributed by atoms with Crippen molar-refractivity contribution in [1.82, 2.24) is 15.4 Å². The van der Waals surface area contributed by atoms with E-state index in [4.69, 9.17) is 0 Å². The second-order valence-corrected chi connectivity index (χ2v) is 3.40. The van der Waals surface area contributed by atoms with E-state index in [9.17, 15) is 4.39 Å². The maximum absolute atomic E-state index is 13.2. The highest BCUT2D eigenvalue weighted by Crippen LogP contribution is 2.23. The zero-order valence-corrected chi connectivity index (χ0v) is 8.05. The molecule has 3 nitrogen and oxygen atoms in total. The Bertz CT molecular complexity index is 413. The molecule has 0 bridgehead atoms. The van der Waals surface area contributed by atoms with Crippen LogP contribution in [0.15, 0.2) is 28.9 Å². The van der Waals surface area contributed by atoms with Gasteiger partial charge in [0.05, 0.1) is 6.20 Å². The quantitative estimate of drug-likeness (QED) is 0.833. The lowest BCUT2D eigenvalue weighted by molar-refractivity contribution is 0.630. The van der Waals surface area contributed by atoms with E-state index >= 15 is 0 Å². The van der Waals surface area contributed by atoms with E-state index in [1.54, 1.807) is 12.1 Å². The number of benzene rings is 1. The smallest absolute Gasteiger partial charge is 0.132 e. The van der Waals surface area contributed by atoms with Gasteiger partial charge >= 0.3 is 0 Å². The van der Waals surface area contributed by atoms with Crippen LogP contribution in [0.3, 0.4) is 0 Å². The Balaban J connectivity index is 2.57. The first-order chi connectivity index (χ1) is 6.27. The lowest BCUT2D eigenvalue weighted by atomic mass is 10.1. The van der Waals surface area contributed by atoms with Crippen molar-refractivity contribution in [2.45, 2.75) is 0 Å². The third kappa shape index (κ3) is 1.60. The number of aromatic nitrogens is 3. The number of aromatic amines is 1. The average molecular weight is 242 g/mol. The van der Waals surface area contributed by atoms with Crippen molar-refractivity contribution >= 4 is 15.9 Å². The predicted molar refractivity (Wildman–Crippen MR) is 49.5 cm³/mol. The van der Waals surface area contributed by atoms with Crippen LogP contribution in [0, 0.1) is 5.82 Å². The molecule has 0 radical (unpaired) electrons. The van der Waals surface area contributed by atoms with Gasteiger partial charge in [-0.15, -0.1) is 0 Å². The average Bonchev–Trinajstić information content (AvgIpc) is 2.61. The first kappa shape index (κ1) is 8.37. The predicted octanol–water partition coefficient (Wildman–Crippen LogP) is 2.37. The Morgan fingerprint density at radius 2 is 2.23 bits per heavy atom. The number of nitrogens with one attached hydrogen (secondary N) is 1. The fourth-order valence-corrected chi connectivity index (χ4v) is 1.39. The Morgan fingerprint density at radius 1 is 1.38 bits per heavy atom. The molecule has 1 aromatic carbocycles. The minimum absolute atomic E-state index is 0.308. The van der Waals surface area contributed by atoms with Crippen LogP contribution in [-0.2, 0) is 0 Å². The number of nitrogens with zero attached hydrogens (tertiary/aromatic N) is 2. The van der Waals surface area contributed by atoms with Gasteiger partial charge in [-0.3, -0.25) is 0 Å². The van der Waals surface area contributed by atoms with Gasteiger partial charge in [-0.2, -0.15) is 15.4 Å². The van der Waals surface area contributed by atoms with Crippen LogP contribution in [0.2, 0.25) is 0 Å². The third-order valence-electron chi connectivity index (χ3n) is 1.62. The normalized spacial score (nSPS) is 10.3. The number of halogens is 2. The molecule has 1 aromatic heterocycles. The zero-order valence-electron chi connectivity index (χ0n) is 6.46. The maximum Gasteiger partial charge on any atom is 0.132 e. The minimum atomic E-state index is -0.308. The Hall–Kier alpha value is -1.23. The summed E-state index contributed by atoms with van der Waals surface area (Å²) in [6.07, 6.45) is 1.48. The summed E-state index contributed by atoms with van der Waals surface area (Å²) in [6, 6.07) is 4.68. The molecular weight excluding hydrogens is 237 g/mol. The SMILES string of the molecule is Fc1ccc(Br)cc1-c1cn[nH]n1. The molecule has 66 valence electrons. The van der Waals surface area contributed by atoms with Gasteiger partial charge in [0, 0.05) is 10.0 Å². The molecule has 0 unspecified atom stereocenters. The molecule has 0 saturated carbocycles. The lowest BCUT2D eigenvalue weighted by Gasteiger charge is -1.98. The molecule has 1 N–H and O–H groups in total. The topological polar surface area (TPSA) is 41.6 Å². The summed E-state index contributed by atoms with van der Waals surface area (Å²) >= 11 is 3.26. The first-order valence-corrected chi connectivity index (χ1v) is 4.38. The molecule has 2 rings (SSSR count). The fraction of sp³-hybridized carbons (Fsp3) is 0. The monoisotopic (exact) mass is 241 g/mol. The summed E-state index contributed by atoms with van der Waals surface area (Å²) < 4.78 is 14.0. The van der Waals surface area contributed by atoms with Gasteiger partial charge in [0.2, 0.25) is 0 Å². The van der Waals surface area contributed by atoms with Crippen molar-refractivity contribution in [3.8, 4) is 11.3 Å². The minimum Gasteiger partial charge on any atom is -0.206 e. The number of rotatable bonds is 1. The molecule has 2 aromatic rings. The van der Waals surface area contributed by atoms with Crippen LogP contribution >= 0.6 is 15.9 Å². The summed E-state index contributed by atoms with van der Waals surface area (Å²) in [7, 11) is 0. The van der Waals surface area contributed by atoms with Crippen molar-refractivity contribution in [1.29, 1.82) is 0 Å². The highest BCUT2D eigenvalue weighted by atomic mass is 79.9. The van der Waals surface area contributed by atoms with E-state index in [2.05, 4.69) is 31.3 Å². The van der Waals surface area contributed by atoms with Crippen LogP contribution in [0.1, 0.15) is 0 Å². The standard InChI is InChI=1S/C8H5BrFN3/c9-5-1-2-7(10)6(3-5)8-4-11-13-12-8/h1-4H,(H,11,12,13). The Labute approximate surface area is 82.1 Å². The third-order valence-corrected chi connectivity index (χ3v) is 2.11. The van der Waals surface area contributed by atoms with E-state index in [0.717, 1.165) is 4.47 Å². The molecular formula is C8H5BrFN3. The molecule has 0 atom stereocenters. The van der Waals surface area contributed by atoms with Crippen molar-refractivity contribution in [2.24, 2.45) is 0 Å². The van der Waals surface area contributed by atoms with Crippen LogP contribution < -0.4 is 0 Å². The molecule has 0 spiro atoms. The molecule has 0 aliphatic carbocycles. The van der Waals surface area contributed by atoms with Crippen molar-refractivity contribution in [3.05, 3.63) is 34.7 Å². The van der Waals surface area contributed by atoms with Crippen LogP contribution in [0.5, 0.6) is 0 Å². The van der Waals surface area contributed by atoms with E-state index in [1.165, 1.54) is 12.3 Å². The highest BCUT2D eigenvalue weighted by molar-refractivity contribution is 9.10. The van der Waals surface area contributed by atoms with Gasteiger partial charge < -0.3 is 0 Å². The van der Waals surface area contributed by atoms with E-state index in [0.29, 0.717) is 11.3 Å². The summed E-state index contributed by atoms with van der Waals surface area (Å²) in [5.41, 5.74) is 0.932. The maximum atomic E-state index is 13.2. The summed E-state index contributed by atoms with van der Waals surface area (Å²) in [5.74, 6) is -0.308. The van der Waals surface area contributed by atoms with Gasteiger partial charge in [-0.1, -0.05) is 15.9 Å². The van der Waals surface area contributed by atoms with Gasteiger partial charge in [0.1, 0.15) is 11.5 Å². The molecule has 0 saturated heterocycles. The van der Waals surface area contributed by atoms with Gasteiger partial charge in [-0.25, -0.2) is 4.39 Å². The lowest BCUT2D eigenvalue weighted by Crippen LogP contribution is -1.84. The van der Waals surface area contributed by atoms with Crippen molar-refractivity contribution in [3.63, 3.8) is 0 Å².